The predicted octanol–water partition coefficient (Wildman–Crippen LogP) is 3.88. The highest BCUT2D eigenvalue weighted by molar-refractivity contribution is 7.13. The predicted molar refractivity (Wildman–Crippen MR) is 101 cm³/mol. The molecule has 0 fully saturated rings. The lowest BCUT2D eigenvalue weighted by atomic mass is 10.2. The largest absolute Gasteiger partial charge is 0.486 e. The molecule has 0 radical (unpaired) electrons. The molecule has 1 aliphatic rings. The summed E-state index contributed by atoms with van der Waals surface area (Å²) in [5.74, 6) is 1.32. The van der Waals surface area contributed by atoms with Crippen LogP contribution in [0.2, 0.25) is 0 Å². The summed E-state index contributed by atoms with van der Waals surface area (Å²) in [6.07, 6.45) is 0. The molecule has 0 saturated carbocycles. The minimum Gasteiger partial charge on any atom is -0.486 e. The molecule has 7 heteroatoms. The Morgan fingerprint density at radius 3 is 2.65 bits per heavy atom. The second-order valence-corrected chi connectivity index (χ2v) is 7.05. The van der Waals surface area contributed by atoms with Crippen molar-refractivity contribution in [1.82, 2.24) is 9.55 Å². The summed E-state index contributed by atoms with van der Waals surface area (Å²) >= 11 is 1.42. The second-order valence-electron chi connectivity index (χ2n) is 6.20. The van der Waals surface area contributed by atoms with Crippen LogP contribution < -0.4 is 14.8 Å². The zero-order valence-corrected chi connectivity index (χ0v) is 15.6. The van der Waals surface area contributed by atoms with Crippen LogP contribution in [0.15, 0.2) is 29.6 Å². The fourth-order valence-corrected chi connectivity index (χ4v) is 3.82. The summed E-state index contributed by atoms with van der Waals surface area (Å²) in [6.45, 7) is 6.93. The Labute approximate surface area is 155 Å². The van der Waals surface area contributed by atoms with Gasteiger partial charge in [0.1, 0.15) is 13.2 Å². The van der Waals surface area contributed by atoms with Gasteiger partial charge in [0.2, 0.25) is 0 Å². The van der Waals surface area contributed by atoms with Crippen molar-refractivity contribution in [2.45, 2.75) is 20.8 Å². The summed E-state index contributed by atoms with van der Waals surface area (Å²) in [4.78, 5) is 17.0. The Kier molecular flexibility index (Phi) is 4.16. The van der Waals surface area contributed by atoms with E-state index in [9.17, 15) is 4.79 Å². The van der Waals surface area contributed by atoms with Gasteiger partial charge in [-0.15, -0.1) is 11.3 Å². The minimum atomic E-state index is -0.156. The molecule has 4 rings (SSSR count). The van der Waals surface area contributed by atoms with Crippen molar-refractivity contribution in [3.05, 3.63) is 52.3 Å². The van der Waals surface area contributed by atoms with E-state index < -0.39 is 0 Å². The van der Waals surface area contributed by atoms with Gasteiger partial charge in [0.05, 0.1) is 11.3 Å². The molecule has 6 nitrogen and oxygen atoms in total. The lowest BCUT2D eigenvalue weighted by Crippen LogP contribution is -2.16. The molecule has 3 aromatic rings. The number of amides is 1. The van der Waals surface area contributed by atoms with E-state index in [1.165, 1.54) is 11.3 Å². The number of thiazole rings is 1. The van der Waals surface area contributed by atoms with Crippen molar-refractivity contribution in [3.63, 3.8) is 0 Å². The van der Waals surface area contributed by atoms with Crippen molar-refractivity contribution in [2.24, 2.45) is 0 Å². The van der Waals surface area contributed by atoms with E-state index in [4.69, 9.17) is 9.47 Å². The van der Waals surface area contributed by atoms with E-state index >= 15 is 0 Å². The average molecular weight is 369 g/mol. The Morgan fingerprint density at radius 2 is 1.92 bits per heavy atom. The first-order chi connectivity index (χ1) is 12.5. The van der Waals surface area contributed by atoms with Crippen LogP contribution in [0.5, 0.6) is 11.5 Å². The molecule has 3 heterocycles. The standard InChI is InChI=1S/C19H19N3O3S/c1-11-10-26-19(20-11)21-18(23)15-8-12(2)22(13(15)3)14-4-5-16-17(9-14)25-7-6-24-16/h4-5,8-10H,6-7H2,1-3H3,(H,20,21,23). The quantitative estimate of drug-likeness (QED) is 0.761. The molecule has 2 aromatic heterocycles. The number of carbonyl (C=O) groups excluding carboxylic acids is 1. The van der Waals surface area contributed by atoms with Gasteiger partial charge in [-0.3, -0.25) is 10.1 Å². The van der Waals surface area contributed by atoms with Crippen LogP contribution in [0, 0.1) is 20.8 Å². The molecule has 1 aliphatic heterocycles. The van der Waals surface area contributed by atoms with Gasteiger partial charge in [0, 0.05) is 28.5 Å². The zero-order chi connectivity index (χ0) is 18.3. The maximum atomic E-state index is 12.7. The molecule has 134 valence electrons. The summed E-state index contributed by atoms with van der Waals surface area (Å²) in [5, 5.41) is 5.39. The molecule has 0 aliphatic carbocycles. The first-order valence-electron chi connectivity index (χ1n) is 8.35. The number of benzene rings is 1. The number of hydrogen-bond donors (Lipinski definition) is 1. The summed E-state index contributed by atoms with van der Waals surface area (Å²) in [5.41, 5.74) is 4.30. The SMILES string of the molecule is Cc1csc(NC(=O)c2cc(C)n(-c3ccc4c(c3)OCCO4)c2C)n1. The van der Waals surface area contributed by atoms with Gasteiger partial charge in [0.15, 0.2) is 16.6 Å². The first-order valence-corrected chi connectivity index (χ1v) is 9.23. The lowest BCUT2D eigenvalue weighted by molar-refractivity contribution is 0.102. The molecule has 0 spiro atoms. The monoisotopic (exact) mass is 369 g/mol. The van der Waals surface area contributed by atoms with Crippen molar-refractivity contribution in [1.29, 1.82) is 0 Å². The van der Waals surface area contributed by atoms with Crippen LogP contribution in [0.25, 0.3) is 5.69 Å². The van der Waals surface area contributed by atoms with E-state index in [1.807, 2.05) is 55.0 Å². The van der Waals surface area contributed by atoms with Crippen molar-refractivity contribution in [3.8, 4) is 17.2 Å². The van der Waals surface area contributed by atoms with E-state index in [0.717, 1.165) is 34.3 Å². The topological polar surface area (TPSA) is 65.4 Å². The van der Waals surface area contributed by atoms with Gasteiger partial charge in [-0.05, 0) is 39.0 Å². The second kappa shape index (κ2) is 6.49. The number of anilines is 1. The van der Waals surface area contributed by atoms with E-state index in [-0.39, 0.29) is 5.91 Å². The third kappa shape index (κ3) is 2.94. The Bertz CT molecular complexity index is 990. The highest BCUT2D eigenvalue weighted by atomic mass is 32.1. The first kappa shape index (κ1) is 16.7. The summed E-state index contributed by atoms with van der Waals surface area (Å²) in [7, 11) is 0. The maximum Gasteiger partial charge on any atom is 0.259 e. The molecular weight excluding hydrogens is 350 g/mol. The number of ether oxygens (including phenoxy) is 2. The molecule has 1 aromatic carbocycles. The highest BCUT2D eigenvalue weighted by Crippen LogP contribution is 2.33. The third-order valence-corrected chi connectivity index (χ3v) is 5.17. The van der Waals surface area contributed by atoms with Crippen LogP contribution in [-0.4, -0.2) is 28.7 Å². The van der Waals surface area contributed by atoms with Crippen LogP contribution >= 0.6 is 11.3 Å². The van der Waals surface area contributed by atoms with Gasteiger partial charge in [-0.1, -0.05) is 0 Å². The number of rotatable bonds is 3. The van der Waals surface area contributed by atoms with Gasteiger partial charge < -0.3 is 14.0 Å². The van der Waals surface area contributed by atoms with Crippen LogP contribution in [0.1, 0.15) is 27.4 Å². The lowest BCUT2D eigenvalue weighted by Gasteiger charge is -2.20. The number of nitrogens with one attached hydrogen (secondary N) is 1. The molecule has 0 unspecified atom stereocenters. The summed E-state index contributed by atoms with van der Waals surface area (Å²) < 4.78 is 13.3. The highest BCUT2D eigenvalue weighted by Gasteiger charge is 2.19. The van der Waals surface area contributed by atoms with Crippen LogP contribution in [-0.2, 0) is 0 Å². The fraction of sp³-hybridized carbons (Fsp3) is 0.263. The van der Waals surface area contributed by atoms with E-state index in [0.29, 0.717) is 23.9 Å². The number of aromatic nitrogens is 2. The molecule has 0 saturated heterocycles. The Hall–Kier alpha value is -2.80. The van der Waals surface area contributed by atoms with Crippen molar-refractivity contribution >= 4 is 22.4 Å². The number of nitrogens with zero attached hydrogens (tertiary/aromatic N) is 2. The van der Waals surface area contributed by atoms with Gasteiger partial charge in [-0.2, -0.15) is 0 Å². The normalized spacial score (nSPS) is 12.9. The van der Waals surface area contributed by atoms with Gasteiger partial charge in [0.25, 0.3) is 5.91 Å². The number of carbonyl (C=O) groups is 1. The van der Waals surface area contributed by atoms with Gasteiger partial charge in [-0.25, -0.2) is 4.98 Å². The Balaban J connectivity index is 1.67. The number of aryl methyl sites for hydroxylation is 2. The van der Waals surface area contributed by atoms with E-state index in [1.54, 1.807) is 0 Å². The smallest absolute Gasteiger partial charge is 0.259 e. The Morgan fingerprint density at radius 1 is 1.15 bits per heavy atom. The van der Waals surface area contributed by atoms with Gasteiger partial charge >= 0.3 is 0 Å². The molecule has 26 heavy (non-hydrogen) atoms. The number of hydrogen-bond acceptors (Lipinski definition) is 5. The molecule has 0 bridgehead atoms. The maximum absolute atomic E-state index is 12.7. The third-order valence-electron chi connectivity index (χ3n) is 4.30. The average Bonchev–Trinajstić information content (AvgIpc) is 3.17. The molecule has 1 N–H and O–H groups in total. The van der Waals surface area contributed by atoms with E-state index in [2.05, 4.69) is 10.3 Å². The van der Waals surface area contributed by atoms with Crippen molar-refractivity contribution in [2.75, 3.05) is 18.5 Å². The number of fused-ring (bicyclic) bond motifs is 1. The van der Waals surface area contributed by atoms with Crippen LogP contribution in [0.4, 0.5) is 5.13 Å². The molecule has 0 atom stereocenters. The van der Waals surface area contributed by atoms with Crippen LogP contribution in [0.3, 0.4) is 0 Å². The fourth-order valence-electron chi connectivity index (χ4n) is 3.14. The molecular formula is C19H19N3O3S. The zero-order valence-electron chi connectivity index (χ0n) is 14.8. The minimum absolute atomic E-state index is 0.156. The summed E-state index contributed by atoms with van der Waals surface area (Å²) in [6, 6.07) is 7.71. The molecule has 1 amide bonds. The van der Waals surface area contributed by atoms with Crippen molar-refractivity contribution < 1.29 is 14.3 Å².